The number of rotatable bonds is 6. The van der Waals surface area contributed by atoms with Gasteiger partial charge in [0.05, 0.1) is 13.2 Å². The Hall–Kier alpha value is -2.75. The van der Waals surface area contributed by atoms with E-state index in [1.165, 1.54) is 5.56 Å². The molecule has 4 heteroatoms. The molecule has 1 fully saturated rings. The van der Waals surface area contributed by atoms with Gasteiger partial charge in [0.15, 0.2) is 11.5 Å². The number of hydrogen-bond donors (Lipinski definition) is 0. The van der Waals surface area contributed by atoms with E-state index in [9.17, 15) is 4.79 Å². The van der Waals surface area contributed by atoms with E-state index in [4.69, 9.17) is 9.47 Å². The van der Waals surface area contributed by atoms with E-state index in [0.29, 0.717) is 23.7 Å². The predicted molar refractivity (Wildman–Crippen MR) is 98.1 cm³/mol. The molecule has 25 heavy (non-hydrogen) atoms. The van der Waals surface area contributed by atoms with Crippen LogP contribution >= 0.6 is 0 Å². The summed E-state index contributed by atoms with van der Waals surface area (Å²) in [5, 5.41) is 0. The van der Waals surface area contributed by atoms with Gasteiger partial charge in [-0.25, -0.2) is 0 Å². The first kappa shape index (κ1) is 17.1. The molecule has 1 aliphatic rings. The van der Waals surface area contributed by atoms with Crippen molar-refractivity contribution in [1.29, 1.82) is 0 Å². The van der Waals surface area contributed by atoms with Crippen molar-refractivity contribution in [3.63, 3.8) is 0 Å². The van der Waals surface area contributed by atoms with Crippen LogP contribution in [-0.2, 0) is 0 Å². The van der Waals surface area contributed by atoms with E-state index in [1.54, 1.807) is 31.4 Å². The zero-order valence-electron chi connectivity index (χ0n) is 14.5. The van der Waals surface area contributed by atoms with Crippen molar-refractivity contribution in [2.45, 2.75) is 18.9 Å². The number of benzene rings is 2. The Morgan fingerprint density at radius 3 is 2.76 bits per heavy atom. The van der Waals surface area contributed by atoms with Gasteiger partial charge in [-0.3, -0.25) is 4.79 Å². The zero-order chi connectivity index (χ0) is 17.6. The summed E-state index contributed by atoms with van der Waals surface area (Å²) < 4.78 is 10.9. The number of ether oxygens (including phenoxy) is 2. The van der Waals surface area contributed by atoms with E-state index in [1.807, 2.05) is 23.1 Å². The minimum Gasteiger partial charge on any atom is -0.493 e. The van der Waals surface area contributed by atoms with Crippen LogP contribution in [0.2, 0.25) is 0 Å². The number of likely N-dealkylation sites (tertiary alicyclic amines) is 1. The van der Waals surface area contributed by atoms with E-state index in [2.05, 4.69) is 18.7 Å². The number of carbonyl (C=O) groups excluding carboxylic acids is 1. The molecule has 0 saturated carbocycles. The highest BCUT2D eigenvalue weighted by atomic mass is 16.5. The topological polar surface area (TPSA) is 38.8 Å². The van der Waals surface area contributed by atoms with Gasteiger partial charge in [-0.1, -0.05) is 43.0 Å². The zero-order valence-corrected chi connectivity index (χ0v) is 14.5. The van der Waals surface area contributed by atoms with Gasteiger partial charge >= 0.3 is 0 Å². The fourth-order valence-electron chi connectivity index (χ4n) is 3.27. The van der Waals surface area contributed by atoms with Gasteiger partial charge in [0.2, 0.25) is 0 Å². The minimum atomic E-state index is 0.0277. The summed E-state index contributed by atoms with van der Waals surface area (Å²) in [6.07, 6.45) is 3.68. The standard InChI is InChI=1S/C21H23NO3/c1-3-14-25-19-12-11-17(15-20(19)24-2)21(23)22-13-7-10-18(22)16-8-5-4-6-9-16/h3-6,8-9,11-12,15,18H,1,7,10,13-14H2,2H3. The molecular weight excluding hydrogens is 314 g/mol. The average Bonchev–Trinajstić information content (AvgIpc) is 3.16. The normalized spacial score (nSPS) is 16.5. The van der Waals surface area contributed by atoms with Gasteiger partial charge in [0, 0.05) is 12.1 Å². The lowest BCUT2D eigenvalue weighted by atomic mass is 10.0. The van der Waals surface area contributed by atoms with Crippen LogP contribution in [0.4, 0.5) is 0 Å². The summed E-state index contributed by atoms with van der Waals surface area (Å²) in [6.45, 7) is 4.81. The second-order valence-electron chi connectivity index (χ2n) is 6.03. The molecule has 1 unspecified atom stereocenters. The molecule has 4 nitrogen and oxygen atoms in total. The maximum Gasteiger partial charge on any atom is 0.254 e. The lowest BCUT2D eigenvalue weighted by molar-refractivity contribution is 0.0735. The van der Waals surface area contributed by atoms with E-state index in [0.717, 1.165) is 19.4 Å². The average molecular weight is 337 g/mol. The second kappa shape index (κ2) is 7.88. The van der Waals surface area contributed by atoms with Gasteiger partial charge in [0.25, 0.3) is 5.91 Å². The molecular formula is C21H23NO3. The largest absolute Gasteiger partial charge is 0.493 e. The molecule has 3 rings (SSSR count). The van der Waals surface area contributed by atoms with Crippen molar-refractivity contribution in [1.82, 2.24) is 4.90 Å². The summed E-state index contributed by atoms with van der Waals surface area (Å²) in [5.41, 5.74) is 1.80. The molecule has 1 heterocycles. The third-order valence-electron chi connectivity index (χ3n) is 4.47. The first-order valence-corrected chi connectivity index (χ1v) is 8.52. The molecule has 1 aliphatic heterocycles. The van der Waals surface area contributed by atoms with Crippen LogP contribution in [0.25, 0.3) is 0 Å². The number of amides is 1. The van der Waals surface area contributed by atoms with Crippen molar-refractivity contribution in [3.05, 3.63) is 72.3 Å². The summed E-state index contributed by atoms with van der Waals surface area (Å²) in [7, 11) is 1.58. The summed E-state index contributed by atoms with van der Waals surface area (Å²) >= 11 is 0. The molecule has 2 aromatic carbocycles. The number of methoxy groups -OCH3 is 1. The van der Waals surface area contributed by atoms with Crippen LogP contribution in [0.1, 0.15) is 34.8 Å². The van der Waals surface area contributed by atoms with Gasteiger partial charge in [0.1, 0.15) is 6.61 Å². The lowest BCUT2D eigenvalue weighted by Crippen LogP contribution is -2.30. The Labute approximate surface area is 148 Å². The second-order valence-corrected chi connectivity index (χ2v) is 6.03. The Bertz CT molecular complexity index is 742. The molecule has 0 aliphatic carbocycles. The predicted octanol–water partition coefficient (Wildman–Crippen LogP) is 4.24. The highest BCUT2D eigenvalue weighted by Gasteiger charge is 2.30. The number of carbonyl (C=O) groups is 1. The van der Waals surface area contributed by atoms with Gasteiger partial charge < -0.3 is 14.4 Å². The molecule has 1 atom stereocenters. The van der Waals surface area contributed by atoms with Crippen molar-refractivity contribution in [3.8, 4) is 11.5 Å². The third-order valence-corrected chi connectivity index (χ3v) is 4.47. The SMILES string of the molecule is C=CCOc1ccc(C(=O)N2CCCC2c2ccccc2)cc1OC. The van der Waals surface area contributed by atoms with Crippen molar-refractivity contribution in [2.24, 2.45) is 0 Å². The maximum atomic E-state index is 13.0. The molecule has 2 aromatic rings. The monoisotopic (exact) mass is 337 g/mol. The first-order valence-electron chi connectivity index (χ1n) is 8.52. The van der Waals surface area contributed by atoms with E-state index in [-0.39, 0.29) is 11.9 Å². The fraction of sp³-hybridized carbons (Fsp3) is 0.286. The van der Waals surface area contributed by atoms with Crippen LogP contribution in [0.5, 0.6) is 11.5 Å². The molecule has 0 radical (unpaired) electrons. The molecule has 0 bridgehead atoms. The Kier molecular flexibility index (Phi) is 5.39. The maximum absolute atomic E-state index is 13.0. The highest BCUT2D eigenvalue weighted by Crippen LogP contribution is 2.34. The smallest absolute Gasteiger partial charge is 0.254 e. The summed E-state index contributed by atoms with van der Waals surface area (Å²) in [4.78, 5) is 15.0. The van der Waals surface area contributed by atoms with Gasteiger partial charge in [-0.2, -0.15) is 0 Å². The summed E-state index contributed by atoms with van der Waals surface area (Å²) in [6, 6.07) is 15.7. The van der Waals surface area contributed by atoms with Crippen LogP contribution in [-0.4, -0.2) is 31.1 Å². The van der Waals surface area contributed by atoms with Crippen LogP contribution in [0.15, 0.2) is 61.2 Å². The Morgan fingerprint density at radius 1 is 1.24 bits per heavy atom. The highest BCUT2D eigenvalue weighted by molar-refractivity contribution is 5.95. The molecule has 1 saturated heterocycles. The van der Waals surface area contributed by atoms with E-state index < -0.39 is 0 Å². The molecule has 0 N–H and O–H groups in total. The van der Waals surface area contributed by atoms with Crippen molar-refractivity contribution < 1.29 is 14.3 Å². The van der Waals surface area contributed by atoms with Crippen LogP contribution < -0.4 is 9.47 Å². The molecule has 0 spiro atoms. The van der Waals surface area contributed by atoms with Crippen molar-refractivity contribution >= 4 is 5.91 Å². The lowest BCUT2D eigenvalue weighted by Gasteiger charge is -2.25. The fourth-order valence-corrected chi connectivity index (χ4v) is 3.27. The number of hydrogen-bond acceptors (Lipinski definition) is 3. The molecule has 1 amide bonds. The summed E-state index contributed by atoms with van der Waals surface area (Å²) in [5.74, 6) is 1.20. The third kappa shape index (κ3) is 3.68. The van der Waals surface area contributed by atoms with Crippen molar-refractivity contribution in [2.75, 3.05) is 20.3 Å². The van der Waals surface area contributed by atoms with E-state index >= 15 is 0 Å². The quantitative estimate of drug-likeness (QED) is 0.740. The Morgan fingerprint density at radius 2 is 2.04 bits per heavy atom. The Balaban J connectivity index is 1.83. The number of nitrogens with zero attached hydrogens (tertiary/aromatic N) is 1. The van der Waals surface area contributed by atoms with Crippen LogP contribution in [0, 0.1) is 0 Å². The molecule has 130 valence electrons. The van der Waals surface area contributed by atoms with Gasteiger partial charge in [-0.05, 0) is 36.6 Å². The van der Waals surface area contributed by atoms with Crippen LogP contribution in [0.3, 0.4) is 0 Å². The minimum absolute atomic E-state index is 0.0277. The first-order chi connectivity index (χ1) is 12.2. The van der Waals surface area contributed by atoms with Gasteiger partial charge in [-0.15, -0.1) is 0 Å². The molecule has 0 aromatic heterocycles.